The van der Waals surface area contributed by atoms with Crippen LogP contribution in [0, 0.1) is 0 Å². The Morgan fingerprint density at radius 3 is 2.57 bits per heavy atom. The molecule has 4 heteroatoms. The van der Waals surface area contributed by atoms with Gasteiger partial charge in [0, 0.05) is 37.6 Å². The summed E-state index contributed by atoms with van der Waals surface area (Å²) in [6, 6.07) is 18.9. The van der Waals surface area contributed by atoms with Crippen molar-refractivity contribution in [3.8, 4) is 0 Å². The predicted molar refractivity (Wildman–Crippen MR) is 124 cm³/mol. The van der Waals surface area contributed by atoms with E-state index in [1.54, 1.807) is 6.20 Å². The SMILES string of the molecule is CCCCCCC(=O)N(CCCc1ccccc1)c1cccc(Cn2ccnc2)c1. The van der Waals surface area contributed by atoms with Crippen molar-refractivity contribution in [2.24, 2.45) is 0 Å². The molecule has 3 rings (SSSR count). The van der Waals surface area contributed by atoms with Gasteiger partial charge in [0.25, 0.3) is 0 Å². The first kappa shape index (κ1) is 21.8. The number of hydrogen-bond donors (Lipinski definition) is 0. The van der Waals surface area contributed by atoms with Crippen LogP contribution in [0.3, 0.4) is 0 Å². The van der Waals surface area contributed by atoms with Crippen molar-refractivity contribution in [1.82, 2.24) is 9.55 Å². The average molecular weight is 404 g/mol. The third kappa shape index (κ3) is 6.87. The Morgan fingerprint density at radius 2 is 1.80 bits per heavy atom. The molecule has 0 aliphatic rings. The molecule has 0 N–H and O–H groups in total. The maximum atomic E-state index is 13.1. The Morgan fingerprint density at radius 1 is 0.967 bits per heavy atom. The highest BCUT2D eigenvalue weighted by Crippen LogP contribution is 2.20. The number of benzene rings is 2. The minimum atomic E-state index is 0.235. The molecular weight excluding hydrogens is 370 g/mol. The number of hydrogen-bond acceptors (Lipinski definition) is 2. The van der Waals surface area contributed by atoms with Gasteiger partial charge in [-0.15, -0.1) is 0 Å². The summed E-state index contributed by atoms with van der Waals surface area (Å²) < 4.78 is 2.05. The van der Waals surface area contributed by atoms with Gasteiger partial charge in [0.1, 0.15) is 0 Å². The molecule has 158 valence electrons. The van der Waals surface area contributed by atoms with E-state index in [9.17, 15) is 4.79 Å². The summed E-state index contributed by atoms with van der Waals surface area (Å²) in [5, 5.41) is 0. The lowest BCUT2D eigenvalue weighted by Crippen LogP contribution is -2.32. The Balaban J connectivity index is 1.68. The maximum absolute atomic E-state index is 13.1. The molecule has 2 aromatic carbocycles. The standard InChI is InChI=1S/C26H33N3O/c1-2-3-4-8-16-26(30)29(18-10-14-23-11-6-5-7-12-23)25-15-9-13-24(20-25)21-28-19-17-27-22-28/h5-7,9,11-13,15,17,19-20,22H,2-4,8,10,14,16,18,21H2,1H3. The van der Waals surface area contributed by atoms with Gasteiger partial charge in [0.05, 0.1) is 6.33 Å². The molecule has 4 nitrogen and oxygen atoms in total. The minimum Gasteiger partial charge on any atom is -0.333 e. The number of amides is 1. The first-order chi connectivity index (χ1) is 14.8. The van der Waals surface area contributed by atoms with Gasteiger partial charge in [-0.3, -0.25) is 4.79 Å². The van der Waals surface area contributed by atoms with Gasteiger partial charge in [-0.05, 0) is 42.5 Å². The lowest BCUT2D eigenvalue weighted by atomic mass is 10.1. The molecule has 3 aromatic rings. The molecule has 1 aromatic heterocycles. The van der Waals surface area contributed by atoms with Crippen LogP contribution in [0.25, 0.3) is 0 Å². The quantitative estimate of drug-likeness (QED) is 0.355. The monoisotopic (exact) mass is 403 g/mol. The highest BCUT2D eigenvalue weighted by molar-refractivity contribution is 5.93. The average Bonchev–Trinajstić information content (AvgIpc) is 3.28. The van der Waals surface area contributed by atoms with E-state index in [0.717, 1.165) is 44.5 Å². The fraction of sp³-hybridized carbons (Fsp3) is 0.385. The Kier molecular flexibility index (Phi) is 8.70. The number of unbranched alkanes of at least 4 members (excludes halogenated alkanes) is 3. The Labute approximate surface area is 180 Å². The largest absolute Gasteiger partial charge is 0.333 e. The summed E-state index contributed by atoms with van der Waals surface area (Å²) in [7, 11) is 0. The van der Waals surface area contributed by atoms with E-state index in [0.29, 0.717) is 6.42 Å². The van der Waals surface area contributed by atoms with Gasteiger partial charge in [-0.1, -0.05) is 68.7 Å². The van der Waals surface area contributed by atoms with Crippen LogP contribution in [0.4, 0.5) is 5.69 Å². The molecule has 1 amide bonds. The molecule has 0 aliphatic carbocycles. The van der Waals surface area contributed by atoms with Crippen LogP contribution < -0.4 is 4.90 Å². The minimum absolute atomic E-state index is 0.235. The summed E-state index contributed by atoms with van der Waals surface area (Å²) in [6.45, 7) is 3.70. The van der Waals surface area contributed by atoms with E-state index in [-0.39, 0.29) is 5.91 Å². The normalized spacial score (nSPS) is 10.8. The number of aromatic nitrogens is 2. The van der Waals surface area contributed by atoms with Crippen LogP contribution in [0.1, 0.15) is 56.6 Å². The van der Waals surface area contributed by atoms with Crippen LogP contribution in [-0.4, -0.2) is 22.0 Å². The third-order valence-corrected chi connectivity index (χ3v) is 5.38. The topological polar surface area (TPSA) is 38.1 Å². The van der Waals surface area contributed by atoms with Crippen molar-refractivity contribution in [2.75, 3.05) is 11.4 Å². The van der Waals surface area contributed by atoms with E-state index in [1.807, 2.05) is 28.1 Å². The Hall–Kier alpha value is -2.88. The first-order valence-corrected chi connectivity index (χ1v) is 11.1. The number of imidazole rings is 1. The van der Waals surface area contributed by atoms with Crippen LogP contribution in [0.5, 0.6) is 0 Å². The summed E-state index contributed by atoms with van der Waals surface area (Å²) in [4.78, 5) is 19.2. The maximum Gasteiger partial charge on any atom is 0.226 e. The van der Waals surface area contributed by atoms with Crippen LogP contribution >= 0.6 is 0 Å². The smallest absolute Gasteiger partial charge is 0.226 e. The lowest BCUT2D eigenvalue weighted by Gasteiger charge is -2.24. The van der Waals surface area contributed by atoms with Gasteiger partial charge in [0.2, 0.25) is 5.91 Å². The van der Waals surface area contributed by atoms with Gasteiger partial charge >= 0.3 is 0 Å². The van der Waals surface area contributed by atoms with E-state index in [4.69, 9.17) is 0 Å². The van der Waals surface area contributed by atoms with Crippen LogP contribution in [0.15, 0.2) is 73.3 Å². The zero-order valence-corrected chi connectivity index (χ0v) is 18.0. The van der Waals surface area contributed by atoms with Crippen molar-refractivity contribution >= 4 is 11.6 Å². The second kappa shape index (κ2) is 12.0. The van der Waals surface area contributed by atoms with Crippen LogP contribution in [0.2, 0.25) is 0 Å². The molecule has 1 heterocycles. The fourth-order valence-corrected chi connectivity index (χ4v) is 3.74. The molecule has 0 spiro atoms. The molecule has 30 heavy (non-hydrogen) atoms. The molecule has 0 saturated carbocycles. The lowest BCUT2D eigenvalue weighted by molar-refractivity contribution is -0.118. The second-order valence-corrected chi connectivity index (χ2v) is 7.85. The van der Waals surface area contributed by atoms with Crippen molar-refractivity contribution in [2.45, 2.75) is 58.4 Å². The highest BCUT2D eigenvalue weighted by Gasteiger charge is 2.16. The van der Waals surface area contributed by atoms with Crippen LogP contribution in [-0.2, 0) is 17.8 Å². The number of carbonyl (C=O) groups is 1. The van der Waals surface area contributed by atoms with Crippen molar-refractivity contribution < 1.29 is 4.79 Å². The van der Waals surface area contributed by atoms with Gasteiger partial charge in [-0.25, -0.2) is 4.98 Å². The third-order valence-electron chi connectivity index (χ3n) is 5.38. The van der Waals surface area contributed by atoms with Gasteiger partial charge in [0.15, 0.2) is 0 Å². The van der Waals surface area contributed by atoms with E-state index in [2.05, 4.69) is 60.4 Å². The Bertz CT molecular complexity index is 874. The number of aryl methyl sites for hydroxylation is 1. The zero-order valence-electron chi connectivity index (χ0n) is 18.0. The molecule has 0 unspecified atom stereocenters. The van der Waals surface area contributed by atoms with E-state index >= 15 is 0 Å². The number of anilines is 1. The van der Waals surface area contributed by atoms with Crippen molar-refractivity contribution in [1.29, 1.82) is 0 Å². The molecule has 0 bridgehead atoms. The fourth-order valence-electron chi connectivity index (χ4n) is 3.74. The van der Waals surface area contributed by atoms with E-state index in [1.165, 1.54) is 24.0 Å². The zero-order chi connectivity index (χ0) is 21.0. The van der Waals surface area contributed by atoms with E-state index < -0.39 is 0 Å². The van der Waals surface area contributed by atoms with Crippen molar-refractivity contribution in [3.05, 3.63) is 84.4 Å². The highest BCUT2D eigenvalue weighted by atomic mass is 16.2. The van der Waals surface area contributed by atoms with Gasteiger partial charge < -0.3 is 9.47 Å². The summed E-state index contributed by atoms with van der Waals surface area (Å²) in [5.41, 5.74) is 3.50. The number of nitrogens with zero attached hydrogens (tertiary/aromatic N) is 3. The first-order valence-electron chi connectivity index (χ1n) is 11.1. The number of carbonyl (C=O) groups excluding carboxylic acids is 1. The van der Waals surface area contributed by atoms with Gasteiger partial charge in [-0.2, -0.15) is 0 Å². The molecular formula is C26H33N3O. The molecule has 0 radical (unpaired) electrons. The molecule has 0 saturated heterocycles. The summed E-state index contributed by atoms with van der Waals surface area (Å²) >= 11 is 0. The molecule has 0 aliphatic heterocycles. The molecule has 0 atom stereocenters. The predicted octanol–water partition coefficient (Wildman–Crippen LogP) is 5.87. The summed E-state index contributed by atoms with van der Waals surface area (Å²) in [6.07, 6.45) is 12.6. The second-order valence-electron chi connectivity index (χ2n) is 7.85. The summed E-state index contributed by atoms with van der Waals surface area (Å²) in [5.74, 6) is 0.235. The van der Waals surface area contributed by atoms with Crippen molar-refractivity contribution in [3.63, 3.8) is 0 Å². The number of rotatable bonds is 12. The molecule has 0 fully saturated rings.